The standard InChI is InChI=1S/C17H20N2O3/c1-5-18-16(20)13-6-7-15(10(2)8-13)19-17(21)14-9-11(3)22-12(14)4/h6-9H,5H2,1-4H3,(H,18,20)(H,19,21). The van der Waals surface area contributed by atoms with Crippen molar-refractivity contribution in [1.82, 2.24) is 5.32 Å². The zero-order valence-electron chi connectivity index (χ0n) is 13.2. The van der Waals surface area contributed by atoms with E-state index >= 15 is 0 Å². The molecule has 0 saturated heterocycles. The number of anilines is 1. The summed E-state index contributed by atoms with van der Waals surface area (Å²) in [6.07, 6.45) is 0. The van der Waals surface area contributed by atoms with Crippen LogP contribution in [0.5, 0.6) is 0 Å². The maximum Gasteiger partial charge on any atom is 0.259 e. The molecule has 2 amide bonds. The van der Waals surface area contributed by atoms with Crippen molar-refractivity contribution in [2.24, 2.45) is 0 Å². The van der Waals surface area contributed by atoms with Crippen LogP contribution in [0.2, 0.25) is 0 Å². The molecule has 0 atom stereocenters. The van der Waals surface area contributed by atoms with Gasteiger partial charge in [0.05, 0.1) is 5.56 Å². The molecule has 0 spiro atoms. The van der Waals surface area contributed by atoms with Crippen LogP contribution in [0, 0.1) is 20.8 Å². The van der Waals surface area contributed by atoms with E-state index in [-0.39, 0.29) is 11.8 Å². The summed E-state index contributed by atoms with van der Waals surface area (Å²) in [4.78, 5) is 24.1. The molecule has 1 heterocycles. The Kier molecular flexibility index (Phi) is 4.65. The first-order valence-electron chi connectivity index (χ1n) is 7.19. The van der Waals surface area contributed by atoms with Gasteiger partial charge in [-0.25, -0.2) is 0 Å². The Bertz CT molecular complexity index is 717. The maximum atomic E-state index is 12.3. The van der Waals surface area contributed by atoms with Gasteiger partial charge in [0.25, 0.3) is 11.8 Å². The molecule has 1 aromatic heterocycles. The number of carbonyl (C=O) groups excluding carboxylic acids is 2. The number of furan rings is 1. The summed E-state index contributed by atoms with van der Waals surface area (Å²) in [5.41, 5.74) is 2.60. The van der Waals surface area contributed by atoms with Crippen LogP contribution in [-0.2, 0) is 0 Å². The fraction of sp³-hybridized carbons (Fsp3) is 0.294. The van der Waals surface area contributed by atoms with Crippen molar-refractivity contribution in [2.75, 3.05) is 11.9 Å². The fourth-order valence-electron chi connectivity index (χ4n) is 2.25. The predicted octanol–water partition coefficient (Wildman–Crippen LogP) is 3.21. The highest BCUT2D eigenvalue weighted by molar-refractivity contribution is 6.05. The van der Waals surface area contributed by atoms with E-state index in [1.165, 1.54) is 0 Å². The molecule has 22 heavy (non-hydrogen) atoms. The van der Waals surface area contributed by atoms with Crippen LogP contribution in [-0.4, -0.2) is 18.4 Å². The first-order valence-corrected chi connectivity index (χ1v) is 7.19. The van der Waals surface area contributed by atoms with Crippen molar-refractivity contribution in [1.29, 1.82) is 0 Å². The van der Waals surface area contributed by atoms with E-state index in [0.717, 1.165) is 5.56 Å². The highest BCUT2D eigenvalue weighted by atomic mass is 16.3. The molecule has 0 unspecified atom stereocenters. The van der Waals surface area contributed by atoms with E-state index in [1.807, 2.05) is 13.8 Å². The van der Waals surface area contributed by atoms with Crippen LogP contribution in [0.4, 0.5) is 5.69 Å². The van der Waals surface area contributed by atoms with Crippen LogP contribution < -0.4 is 10.6 Å². The van der Waals surface area contributed by atoms with E-state index in [0.29, 0.717) is 34.9 Å². The smallest absolute Gasteiger partial charge is 0.259 e. The van der Waals surface area contributed by atoms with Gasteiger partial charge in [-0.1, -0.05) is 0 Å². The predicted molar refractivity (Wildman–Crippen MR) is 85.3 cm³/mol. The molecule has 5 heteroatoms. The number of hydrogen-bond donors (Lipinski definition) is 2. The Morgan fingerprint density at radius 3 is 2.36 bits per heavy atom. The molecule has 0 radical (unpaired) electrons. The quantitative estimate of drug-likeness (QED) is 0.910. The van der Waals surface area contributed by atoms with Crippen LogP contribution in [0.1, 0.15) is 44.7 Å². The van der Waals surface area contributed by atoms with Crippen molar-refractivity contribution in [3.8, 4) is 0 Å². The van der Waals surface area contributed by atoms with Gasteiger partial charge in [-0.15, -0.1) is 0 Å². The topological polar surface area (TPSA) is 71.3 Å². The highest BCUT2D eigenvalue weighted by Crippen LogP contribution is 2.20. The monoisotopic (exact) mass is 300 g/mol. The van der Waals surface area contributed by atoms with Gasteiger partial charge in [-0.2, -0.15) is 0 Å². The van der Waals surface area contributed by atoms with Crippen LogP contribution in [0.25, 0.3) is 0 Å². The largest absolute Gasteiger partial charge is 0.466 e. The number of benzene rings is 1. The van der Waals surface area contributed by atoms with Gasteiger partial charge in [0.2, 0.25) is 0 Å². The lowest BCUT2D eigenvalue weighted by molar-refractivity contribution is 0.0955. The summed E-state index contributed by atoms with van der Waals surface area (Å²) in [5, 5.41) is 5.59. The molecule has 116 valence electrons. The fourth-order valence-corrected chi connectivity index (χ4v) is 2.25. The Labute approximate surface area is 129 Å². The number of carbonyl (C=O) groups is 2. The second-order valence-corrected chi connectivity index (χ2v) is 5.17. The van der Waals surface area contributed by atoms with Gasteiger partial charge in [-0.05, 0) is 57.5 Å². The Morgan fingerprint density at radius 1 is 1.09 bits per heavy atom. The Hall–Kier alpha value is -2.56. The second-order valence-electron chi connectivity index (χ2n) is 5.17. The first-order chi connectivity index (χ1) is 10.4. The number of aryl methyl sites for hydroxylation is 3. The molecular formula is C17H20N2O3. The summed E-state index contributed by atoms with van der Waals surface area (Å²) in [6.45, 7) is 7.86. The van der Waals surface area contributed by atoms with Crippen molar-refractivity contribution >= 4 is 17.5 Å². The van der Waals surface area contributed by atoms with Crippen molar-refractivity contribution in [2.45, 2.75) is 27.7 Å². The van der Waals surface area contributed by atoms with Crippen molar-refractivity contribution in [3.63, 3.8) is 0 Å². The average molecular weight is 300 g/mol. The van der Waals surface area contributed by atoms with Crippen molar-refractivity contribution in [3.05, 3.63) is 52.5 Å². The van der Waals surface area contributed by atoms with Crippen LogP contribution >= 0.6 is 0 Å². The Balaban J connectivity index is 2.18. The lowest BCUT2D eigenvalue weighted by atomic mass is 10.1. The summed E-state index contributed by atoms with van der Waals surface area (Å²) in [6, 6.07) is 6.90. The van der Waals surface area contributed by atoms with Crippen LogP contribution in [0.15, 0.2) is 28.7 Å². The Morgan fingerprint density at radius 2 is 1.82 bits per heavy atom. The molecule has 5 nitrogen and oxygen atoms in total. The molecule has 0 fully saturated rings. The summed E-state index contributed by atoms with van der Waals surface area (Å²) < 4.78 is 5.37. The lowest BCUT2D eigenvalue weighted by Gasteiger charge is -2.10. The van der Waals surface area contributed by atoms with E-state index in [1.54, 1.807) is 38.1 Å². The molecule has 0 aliphatic rings. The van der Waals surface area contributed by atoms with Gasteiger partial charge in [-0.3, -0.25) is 9.59 Å². The SMILES string of the molecule is CCNC(=O)c1ccc(NC(=O)c2cc(C)oc2C)c(C)c1. The highest BCUT2D eigenvalue weighted by Gasteiger charge is 2.15. The summed E-state index contributed by atoms with van der Waals surface area (Å²) in [7, 11) is 0. The second kappa shape index (κ2) is 6.47. The van der Waals surface area contributed by atoms with Crippen LogP contribution in [0.3, 0.4) is 0 Å². The molecule has 1 aromatic carbocycles. The summed E-state index contributed by atoms with van der Waals surface area (Å²) in [5.74, 6) is 0.950. The third kappa shape index (κ3) is 3.36. The number of nitrogens with one attached hydrogen (secondary N) is 2. The lowest BCUT2D eigenvalue weighted by Crippen LogP contribution is -2.22. The minimum absolute atomic E-state index is 0.121. The van der Waals surface area contributed by atoms with E-state index in [2.05, 4.69) is 10.6 Å². The molecule has 2 N–H and O–H groups in total. The van der Waals surface area contributed by atoms with Gasteiger partial charge in [0, 0.05) is 17.8 Å². The average Bonchev–Trinajstić information content (AvgIpc) is 2.80. The molecule has 0 bridgehead atoms. The number of hydrogen-bond acceptors (Lipinski definition) is 3. The minimum Gasteiger partial charge on any atom is -0.466 e. The zero-order chi connectivity index (χ0) is 16.3. The summed E-state index contributed by atoms with van der Waals surface area (Å²) >= 11 is 0. The molecule has 0 aliphatic heterocycles. The van der Waals surface area contributed by atoms with Gasteiger partial charge >= 0.3 is 0 Å². The zero-order valence-corrected chi connectivity index (χ0v) is 13.2. The first kappa shape index (κ1) is 15.8. The normalized spacial score (nSPS) is 10.4. The van der Waals surface area contributed by atoms with E-state index in [9.17, 15) is 9.59 Å². The molecule has 2 rings (SSSR count). The number of amides is 2. The third-order valence-corrected chi connectivity index (χ3v) is 3.36. The molecular weight excluding hydrogens is 280 g/mol. The number of rotatable bonds is 4. The third-order valence-electron chi connectivity index (χ3n) is 3.36. The van der Waals surface area contributed by atoms with E-state index in [4.69, 9.17) is 4.42 Å². The molecule has 0 saturated carbocycles. The maximum absolute atomic E-state index is 12.3. The van der Waals surface area contributed by atoms with Crippen molar-refractivity contribution < 1.29 is 14.0 Å². The molecule has 2 aromatic rings. The minimum atomic E-state index is -0.219. The van der Waals surface area contributed by atoms with E-state index < -0.39 is 0 Å². The van der Waals surface area contributed by atoms with Gasteiger partial charge in [0.1, 0.15) is 11.5 Å². The van der Waals surface area contributed by atoms with Gasteiger partial charge in [0.15, 0.2) is 0 Å². The van der Waals surface area contributed by atoms with Gasteiger partial charge < -0.3 is 15.1 Å². The molecule has 0 aliphatic carbocycles.